The molecule has 96 valence electrons. The van der Waals surface area contributed by atoms with Crippen molar-refractivity contribution in [2.24, 2.45) is 16.7 Å². The molecule has 1 amide bonds. The third kappa shape index (κ3) is 1.82. The lowest BCUT2D eigenvalue weighted by molar-refractivity contribution is -0.118. The lowest BCUT2D eigenvalue weighted by Gasteiger charge is -2.39. The van der Waals surface area contributed by atoms with Crippen molar-refractivity contribution >= 4 is 5.91 Å². The molecule has 3 unspecified atom stereocenters. The van der Waals surface area contributed by atoms with Crippen LogP contribution in [0.4, 0.5) is 0 Å². The average molecular weight is 235 g/mol. The van der Waals surface area contributed by atoms with Crippen LogP contribution in [0.2, 0.25) is 0 Å². The molecule has 2 heteroatoms. The quantitative estimate of drug-likeness (QED) is 0.731. The summed E-state index contributed by atoms with van der Waals surface area (Å²) in [6.45, 7) is 11.0. The number of carbonyl (C=O) groups is 1. The van der Waals surface area contributed by atoms with Gasteiger partial charge in [0.25, 0.3) is 0 Å². The molecule has 17 heavy (non-hydrogen) atoms. The zero-order chi connectivity index (χ0) is 12.8. The highest BCUT2D eigenvalue weighted by Gasteiger charge is 2.61. The summed E-state index contributed by atoms with van der Waals surface area (Å²) in [5.41, 5.74) is 1.72. The Kier molecular flexibility index (Phi) is 2.87. The predicted octanol–water partition coefficient (Wildman–Crippen LogP) is 3.28. The van der Waals surface area contributed by atoms with Crippen molar-refractivity contribution in [2.45, 2.75) is 59.9 Å². The van der Waals surface area contributed by atoms with E-state index in [1.165, 1.54) is 12.8 Å². The van der Waals surface area contributed by atoms with Crippen molar-refractivity contribution in [1.82, 2.24) is 5.32 Å². The first-order valence-corrected chi connectivity index (χ1v) is 6.73. The van der Waals surface area contributed by atoms with Gasteiger partial charge in [0.15, 0.2) is 0 Å². The van der Waals surface area contributed by atoms with Gasteiger partial charge < -0.3 is 5.32 Å². The van der Waals surface area contributed by atoms with Crippen molar-refractivity contribution in [1.29, 1.82) is 0 Å². The van der Waals surface area contributed by atoms with E-state index in [9.17, 15) is 4.79 Å². The van der Waals surface area contributed by atoms with Crippen molar-refractivity contribution in [3.8, 4) is 0 Å². The van der Waals surface area contributed by atoms with Crippen molar-refractivity contribution in [3.63, 3.8) is 0 Å². The van der Waals surface area contributed by atoms with Crippen LogP contribution in [0.5, 0.6) is 0 Å². The minimum absolute atomic E-state index is 0.0829. The smallest absolute Gasteiger partial charge is 0.244 e. The van der Waals surface area contributed by atoms with Gasteiger partial charge in [-0.25, -0.2) is 0 Å². The summed E-state index contributed by atoms with van der Waals surface area (Å²) in [5.74, 6) is 0.865. The summed E-state index contributed by atoms with van der Waals surface area (Å²) in [6.07, 6.45) is 5.46. The first-order chi connectivity index (χ1) is 7.77. The van der Waals surface area contributed by atoms with Crippen molar-refractivity contribution < 1.29 is 4.79 Å². The number of carbonyl (C=O) groups excluding carboxylic acids is 1. The molecule has 0 aromatic rings. The van der Waals surface area contributed by atoms with Gasteiger partial charge in [0.05, 0.1) is 0 Å². The van der Waals surface area contributed by atoms with E-state index in [-0.39, 0.29) is 11.3 Å². The molecule has 0 aromatic heterocycles. The van der Waals surface area contributed by atoms with Gasteiger partial charge in [-0.3, -0.25) is 4.79 Å². The predicted molar refractivity (Wildman–Crippen MR) is 70.6 cm³/mol. The second kappa shape index (κ2) is 3.86. The number of hydrogen-bond donors (Lipinski definition) is 1. The summed E-state index contributed by atoms with van der Waals surface area (Å²) in [5, 5.41) is 3.22. The molecule has 3 atom stereocenters. The monoisotopic (exact) mass is 235 g/mol. The molecule has 0 radical (unpaired) electrons. The fraction of sp³-hybridized carbons (Fsp3) is 0.800. The van der Waals surface area contributed by atoms with E-state index in [1.807, 2.05) is 13.8 Å². The Morgan fingerprint density at radius 2 is 1.94 bits per heavy atom. The third-order valence-corrected chi connectivity index (χ3v) is 5.53. The van der Waals surface area contributed by atoms with Crippen LogP contribution in [-0.4, -0.2) is 11.9 Å². The zero-order valence-corrected chi connectivity index (χ0v) is 11.8. The number of fused-ring (bicyclic) bond motifs is 2. The normalized spacial score (nSPS) is 37.9. The van der Waals surface area contributed by atoms with Gasteiger partial charge in [0.2, 0.25) is 5.91 Å². The summed E-state index contributed by atoms with van der Waals surface area (Å²) in [7, 11) is 0. The molecular weight excluding hydrogens is 210 g/mol. The van der Waals surface area contributed by atoms with Gasteiger partial charge in [0.1, 0.15) is 0 Å². The molecule has 0 heterocycles. The van der Waals surface area contributed by atoms with Gasteiger partial charge in [-0.05, 0) is 49.9 Å². The Labute approximate surface area is 105 Å². The Morgan fingerprint density at radius 3 is 2.35 bits per heavy atom. The summed E-state index contributed by atoms with van der Waals surface area (Å²) in [6, 6.07) is 0.361. The maximum absolute atomic E-state index is 11.9. The highest BCUT2D eigenvalue weighted by Crippen LogP contribution is 2.65. The number of hydrogen-bond acceptors (Lipinski definition) is 1. The van der Waals surface area contributed by atoms with Crippen LogP contribution >= 0.6 is 0 Å². The van der Waals surface area contributed by atoms with Gasteiger partial charge in [-0.15, -0.1) is 0 Å². The van der Waals surface area contributed by atoms with E-state index in [0.29, 0.717) is 11.5 Å². The van der Waals surface area contributed by atoms with E-state index < -0.39 is 0 Å². The summed E-state index contributed by atoms with van der Waals surface area (Å²) >= 11 is 0. The second-order valence-electron chi connectivity index (χ2n) is 6.89. The van der Waals surface area contributed by atoms with E-state index >= 15 is 0 Å². The number of nitrogens with one attached hydrogen (secondary N) is 1. The van der Waals surface area contributed by atoms with Gasteiger partial charge in [0, 0.05) is 12.1 Å². The Morgan fingerprint density at radius 1 is 1.29 bits per heavy atom. The molecule has 0 spiro atoms. The number of amides is 1. The molecule has 0 aromatic carbocycles. The molecule has 1 N–H and O–H groups in total. The van der Waals surface area contributed by atoms with Crippen LogP contribution in [0, 0.1) is 16.7 Å². The number of rotatable bonds is 2. The van der Waals surface area contributed by atoms with Gasteiger partial charge in [-0.1, -0.05) is 26.3 Å². The standard InChI is InChI=1S/C15H25NO/c1-10(2)8-13(17)16-12-9-11-6-7-15(12,5)14(11,3)4/h8,11-12H,6-7,9H2,1-5H3,(H,16,17). The van der Waals surface area contributed by atoms with Gasteiger partial charge in [-0.2, -0.15) is 0 Å². The van der Waals surface area contributed by atoms with E-state index in [0.717, 1.165) is 17.9 Å². The first-order valence-electron chi connectivity index (χ1n) is 6.73. The second-order valence-corrected chi connectivity index (χ2v) is 6.89. The molecule has 2 nitrogen and oxygen atoms in total. The average Bonchev–Trinajstić information content (AvgIpc) is 2.49. The Balaban J connectivity index is 2.11. The Hall–Kier alpha value is -0.790. The maximum Gasteiger partial charge on any atom is 0.244 e. The minimum Gasteiger partial charge on any atom is -0.349 e. The third-order valence-electron chi connectivity index (χ3n) is 5.53. The largest absolute Gasteiger partial charge is 0.349 e. The van der Waals surface area contributed by atoms with Crippen LogP contribution in [0.15, 0.2) is 11.6 Å². The highest BCUT2D eigenvalue weighted by atomic mass is 16.1. The summed E-state index contributed by atoms with van der Waals surface area (Å²) in [4.78, 5) is 11.9. The fourth-order valence-corrected chi connectivity index (χ4v) is 3.90. The van der Waals surface area contributed by atoms with E-state index in [2.05, 4.69) is 26.1 Å². The van der Waals surface area contributed by atoms with Crippen LogP contribution < -0.4 is 5.32 Å². The van der Waals surface area contributed by atoms with Crippen LogP contribution in [0.25, 0.3) is 0 Å². The van der Waals surface area contributed by atoms with E-state index in [1.54, 1.807) is 6.08 Å². The molecule has 2 fully saturated rings. The van der Waals surface area contributed by atoms with Crippen molar-refractivity contribution in [2.75, 3.05) is 0 Å². The fourth-order valence-electron chi connectivity index (χ4n) is 3.90. The molecule has 2 aliphatic rings. The minimum atomic E-state index is 0.0829. The molecule has 0 saturated heterocycles. The summed E-state index contributed by atoms with van der Waals surface area (Å²) < 4.78 is 0. The lowest BCUT2D eigenvalue weighted by atomic mass is 9.69. The SMILES string of the molecule is CC(C)=CC(=O)NC1CC2CCC1(C)C2(C)C. The van der Waals surface area contributed by atoms with Crippen molar-refractivity contribution in [3.05, 3.63) is 11.6 Å². The zero-order valence-electron chi connectivity index (χ0n) is 11.8. The molecule has 2 rings (SSSR count). The molecule has 2 saturated carbocycles. The topological polar surface area (TPSA) is 29.1 Å². The van der Waals surface area contributed by atoms with Crippen LogP contribution in [0.3, 0.4) is 0 Å². The highest BCUT2D eigenvalue weighted by molar-refractivity contribution is 5.88. The van der Waals surface area contributed by atoms with Gasteiger partial charge >= 0.3 is 0 Å². The lowest BCUT2D eigenvalue weighted by Crippen LogP contribution is -2.46. The number of allylic oxidation sites excluding steroid dienone is 1. The van der Waals surface area contributed by atoms with E-state index in [4.69, 9.17) is 0 Å². The molecular formula is C15H25NO. The van der Waals surface area contributed by atoms with Crippen LogP contribution in [0.1, 0.15) is 53.9 Å². The first kappa shape index (κ1) is 12.7. The maximum atomic E-state index is 11.9. The Bertz CT molecular complexity index is 365. The molecule has 2 bridgehead atoms. The molecule has 2 aliphatic carbocycles. The molecule has 0 aliphatic heterocycles. The van der Waals surface area contributed by atoms with Crippen LogP contribution in [-0.2, 0) is 4.79 Å².